The number of benzene rings is 1. The molecule has 6 rings (SSSR count). The third-order valence-corrected chi connectivity index (χ3v) is 4.95. The van der Waals surface area contributed by atoms with Crippen molar-refractivity contribution in [2.24, 2.45) is 0 Å². The molecule has 0 radical (unpaired) electrons. The smallest absolute Gasteiger partial charge is 0.228 e. The number of pyridine rings is 1. The van der Waals surface area contributed by atoms with Gasteiger partial charge in [0.25, 0.3) is 0 Å². The van der Waals surface area contributed by atoms with Crippen LogP contribution in [0.25, 0.3) is 17.2 Å². The molecule has 1 aromatic carbocycles. The van der Waals surface area contributed by atoms with E-state index in [0.717, 1.165) is 16.7 Å². The summed E-state index contributed by atoms with van der Waals surface area (Å²) in [7, 11) is 0. The van der Waals surface area contributed by atoms with Gasteiger partial charge >= 0.3 is 0 Å². The highest BCUT2D eigenvalue weighted by Crippen LogP contribution is 2.48. The quantitative estimate of drug-likeness (QED) is 0.486. The van der Waals surface area contributed by atoms with Crippen LogP contribution < -0.4 is 4.74 Å². The van der Waals surface area contributed by atoms with Gasteiger partial charge in [0.1, 0.15) is 17.8 Å². The van der Waals surface area contributed by atoms with Crippen molar-refractivity contribution in [1.29, 1.82) is 0 Å². The van der Waals surface area contributed by atoms with Crippen LogP contribution in [-0.2, 0) is 0 Å². The van der Waals surface area contributed by atoms with Gasteiger partial charge in [0.15, 0.2) is 11.4 Å². The summed E-state index contributed by atoms with van der Waals surface area (Å²) in [6, 6.07) is 12.6. The lowest BCUT2D eigenvalue weighted by molar-refractivity contribution is 0.422. The zero-order valence-electron chi connectivity index (χ0n) is 14.9. The summed E-state index contributed by atoms with van der Waals surface area (Å²) in [5, 5.41) is 14.4. The van der Waals surface area contributed by atoms with Gasteiger partial charge in [-0.3, -0.25) is 4.98 Å². The van der Waals surface area contributed by atoms with Crippen LogP contribution in [0.5, 0.6) is 17.4 Å². The second-order valence-corrected chi connectivity index (χ2v) is 6.69. The fraction of sp³-hybridized carbons (Fsp3) is 0.0476. The van der Waals surface area contributed by atoms with Crippen molar-refractivity contribution in [3.8, 4) is 29.0 Å². The number of aromatic nitrogens is 5. The average Bonchev–Trinajstić information content (AvgIpc) is 3.42. The first kappa shape index (κ1) is 15.8. The highest BCUT2D eigenvalue weighted by Gasteiger charge is 2.33. The number of aromatic hydroxyl groups is 1. The molecular weight excluding hydrogens is 370 g/mol. The van der Waals surface area contributed by atoms with Gasteiger partial charge in [-0.25, -0.2) is 14.5 Å². The van der Waals surface area contributed by atoms with Crippen LogP contribution in [-0.4, -0.2) is 29.7 Å². The van der Waals surface area contributed by atoms with Crippen molar-refractivity contribution in [2.75, 3.05) is 0 Å². The fourth-order valence-corrected chi connectivity index (χ4v) is 3.71. The maximum Gasteiger partial charge on any atom is 0.228 e. The summed E-state index contributed by atoms with van der Waals surface area (Å²) in [5.41, 5.74) is 3.25. The van der Waals surface area contributed by atoms with E-state index in [9.17, 15) is 5.11 Å². The molecular formula is C21H13N5O3. The Labute approximate surface area is 164 Å². The Balaban J connectivity index is 1.64. The van der Waals surface area contributed by atoms with E-state index in [0.29, 0.717) is 28.9 Å². The standard InChI is InChI=1S/C21H13N5O3/c27-13-5-6-14-16(9-13)29-21-18(17(14)12-3-1-7-22-10-12)20-24-19(15-4-2-8-28-15)25-26(20)11-23-21/h1-11,17,27H/t17-/m0/s1. The number of phenols is 1. The molecule has 8 heteroatoms. The molecule has 1 atom stereocenters. The van der Waals surface area contributed by atoms with E-state index in [1.807, 2.05) is 30.5 Å². The maximum atomic E-state index is 9.92. The Morgan fingerprint density at radius 1 is 1.10 bits per heavy atom. The van der Waals surface area contributed by atoms with Gasteiger partial charge in [-0.2, -0.15) is 0 Å². The molecule has 29 heavy (non-hydrogen) atoms. The van der Waals surface area contributed by atoms with E-state index in [4.69, 9.17) is 14.1 Å². The third-order valence-electron chi connectivity index (χ3n) is 4.95. The van der Waals surface area contributed by atoms with Gasteiger partial charge in [-0.05, 0) is 29.8 Å². The lowest BCUT2D eigenvalue weighted by Crippen LogP contribution is -2.15. The predicted molar refractivity (Wildman–Crippen MR) is 102 cm³/mol. The van der Waals surface area contributed by atoms with Crippen LogP contribution in [0, 0.1) is 0 Å². The van der Waals surface area contributed by atoms with Gasteiger partial charge in [0.05, 0.1) is 11.8 Å². The first-order chi connectivity index (χ1) is 14.3. The van der Waals surface area contributed by atoms with E-state index >= 15 is 0 Å². The molecule has 5 aromatic rings. The minimum absolute atomic E-state index is 0.126. The molecule has 0 bridgehead atoms. The van der Waals surface area contributed by atoms with E-state index in [1.165, 1.54) is 0 Å². The van der Waals surface area contributed by atoms with E-state index in [1.54, 1.807) is 41.5 Å². The molecule has 1 aliphatic rings. The minimum atomic E-state index is -0.229. The highest BCUT2D eigenvalue weighted by atomic mass is 16.5. The molecule has 1 N–H and O–H groups in total. The molecule has 8 nitrogen and oxygen atoms in total. The summed E-state index contributed by atoms with van der Waals surface area (Å²) in [6.45, 7) is 0. The maximum absolute atomic E-state index is 9.92. The monoisotopic (exact) mass is 383 g/mol. The average molecular weight is 383 g/mol. The van der Waals surface area contributed by atoms with Crippen LogP contribution in [0.4, 0.5) is 0 Å². The van der Waals surface area contributed by atoms with E-state index in [-0.39, 0.29) is 11.7 Å². The lowest BCUT2D eigenvalue weighted by Gasteiger charge is -2.27. The Hall–Kier alpha value is -4.20. The number of fused-ring (bicyclic) bond motifs is 4. The first-order valence-corrected chi connectivity index (χ1v) is 8.98. The third kappa shape index (κ3) is 2.39. The van der Waals surface area contributed by atoms with Crippen LogP contribution >= 0.6 is 0 Å². The van der Waals surface area contributed by atoms with Gasteiger partial charge in [-0.1, -0.05) is 12.1 Å². The van der Waals surface area contributed by atoms with Crippen LogP contribution in [0.3, 0.4) is 0 Å². The number of hydrogen-bond acceptors (Lipinski definition) is 7. The molecule has 0 aliphatic carbocycles. The van der Waals surface area contributed by atoms with Gasteiger partial charge < -0.3 is 14.3 Å². The summed E-state index contributed by atoms with van der Waals surface area (Å²) in [6.07, 6.45) is 6.68. The molecule has 0 saturated heterocycles. The SMILES string of the molecule is Oc1ccc2c(c1)Oc1ncn3nc(-c4ccco4)nc3c1[C@H]2c1cccnc1. The minimum Gasteiger partial charge on any atom is -0.508 e. The highest BCUT2D eigenvalue weighted by molar-refractivity contribution is 5.67. The second-order valence-electron chi connectivity index (χ2n) is 6.69. The first-order valence-electron chi connectivity index (χ1n) is 8.98. The summed E-state index contributed by atoms with van der Waals surface area (Å²) in [5.74, 6) is 1.90. The summed E-state index contributed by atoms with van der Waals surface area (Å²) in [4.78, 5) is 13.4. The normalized spacial score (nSPS) is 15.0. The zero-order chi connectivity index (χ0) is 19.4. The van der Waals surface area contributed by atoms with Crippen LogP contribution in [0.15, 0.2) is 71.9 Å². The molecule has 0 saturated carbocycles. The molecule has 4 aromatic heterocycles. The predicted octanol–water partition coefficient (Wildman–Crippen LogP) is 3.77. The fourth-order valence-electron chi connectivity index (χ4n) is 3.71. The van der Waals surface area contributed by atoms with Crippen molar-refractivity contribution < 1.29 is 14.3 Å². The van der Waals surface area contributed by atoms with Gasteiger partial charge in [0.2, 0.25) is 11.7 Å². The number of rotatable bonds is 2. The van der Waals surface area contributed by atoms with Crippen LogP contribution in [0.1, 0.15) is 22.6 Å². The molecule has 0 amide bonds. The van der Waals surface area contributed by atoms with Gasteiger partial charge in [-0.15, -0.1) is 5.10 Å². The van der Waals surface area contributed by atoms with E-state index in [2.05, 4.69) is 15.1 Å². The molecule has 140 valence electrons. The number of ether oxygens (including phenoxy) is 1. The Morgan fingerprint density at radius 3 is 2.90 bits per heavy atom. The van der Waals surface area contributed by atoms with Gasteiger partial charge in [0, 0.05) is 29.9 Å². The number of hydrogen-bond donors (Lipinski definition) is 1. The molecule has 0 spiro atoms. The largest absolute Gasteiger partial charge is 0.508 e. The van der Waals surface area contributed by atoms with Crippen molar-refractivity contribution in [2.45, 2.75) is 5.92 Å². The second kappa shape index (κ2) is 5.90. The Morgan fingerprint density at radius 2 is 2.07 bits per heavy atom. The number of furan rings is 1. The van der Waals surface area contributed by atoms with Crippen molar-refractivity contribution >= 4 is 5.65 Å². The van der Waals surface area contributed by atoms with Crippen molar-refractivity contribution in [1.82, 2.24) is 24.6 Å². The van der Waals surface area contributed by atoms with E-state index < -0.39 is 0 Å². The Kier molecular flexibility index (Phi) is 3.22. The molecule has 5 heterocycles. The molecule has 1 aliphatic heterocycles. The number of nitrogens with zero attached hydrogens (tertiary/aromatic N) is 5. The van der Waals surface area contributed by atoms with Crippen molar-refractivity contribution in [3.05, 3.63) is 84.1 Å². The van der Waals surface area contributed by atoms with Crippen LogP contribution in [0.2, 0.25) is 0 Å². The van der Waals surface area contributed by atoms with Crippen molar-refractivity contribution in [3.63, 3.8) is 0 Å². The summed E-state index contributed by atoms with van der Waals surface area (Å²) < 4.78 is 13.1. The Bertz CT molecular complexity index is 1350. The lowest BCUT2D eigenvalue weighted by atomic mass is 9.84. The number of phenolic OH excluding ortho intramolecular Hbond substituents is 1. The summed E-state index contributed by atoms with van der Waals surface area (Å²) >= 11 is 0. The molecule has 0 unspecified atom stereocenters. The zero-order valence-corrected chi connectivity index (χ0v) is 14.9. The molecule has 0 fully saturated rings. The topological polar surface area (TPSA) is 98.6 Å².